The van der Waals surface area contributed by atoms with Crippen LogP contribution < -0.4 is 5.73 Å². The molecule has 1 heterocycles. The van der Waals surface area contributed by atoms with Crippen LogP contribution in [0.1, 0.15) is 30.5 Å². The highest BCUT2D eigenvalue weighted by Crippen LogP contribution is 2.25. The Kier molecular flexibility index (Phi) is 7.46. The van der Waals surface area contributed by atoms with Gasteiger partial charge in [-0.25, -0.2) is 0 Å². The first-order valence-electron chi connectivity index (χ1n) is 10.0. The topological polar surface area (TPSA) is 63.0 Å². The third-order valence-electron chi connectivity index (χ3n) is 5.15. The van der Waals surface area contributed by atoms with Crippen LogP contribution in [0.15, 0.2) is 94.0 Å². The van der Waals surface area contributed by atoms with Gasteiger partial charge in [0.25, 0.3) is 0 Å². The van der Waals surface area contributed by atoms with E-state index in [1.807, 2.05) is 72.8 Å². The van der Waals surface area contributed by atoms with Crippen LogP contribution in [0.2, 0.25) is 0 Å². The molecule has 31 heavy (non-hydrogen) atoms. The minimum absolute atomic E-state index is 0.0548. The molecular formula is C27H25BrN2O. The number of furan rings is 1. The number of para-hydroxylation sites is 1. The molecule has 0 aliphatic carbocycles. The van der Waals surface area contributed by atoms with Crippen molar-refractivity contribution in [1.82, 2.24) is 0 Å². The number of nitrogens with zero attached hydrogens (tertiary/aromatic N) is 1. The van der Waals surface area contributed by atoms with Crippen molar-refractivity contribution in [1.29, 1.82) is 5.26 Å². The van der Waals surface area contributed by atoms with Crippen LogP contribution in [0.5, 0.6) is 0 Å². The molecule has 0 bridgehead atoms. The van der Waals surface area contributed by atoms with Crippen LogP contribution in [0.25, 0.3) is 22.6 Å². The van der Waals surface area contributed by atoms with Crippen LogP contribution in [0.3, 0.4) is 0 Å². The van der Waals surface area contributed by atoms with E-state index in [2.05, 4.69) is 48.0 Å². The summed E-state index contributed by atoms with van der Waals surface area (Å²) in [6.45, 7) is 4.82. The molecule has 0 saturated heterocycles. The molecule has 0 aliphatic heterocycles. The molecule has 4 rings (SSSR count). The number of allylic oxidation sites excluding steroid dienone is 1. The molecule has 3 aromatic carbocycles. The zero-order valence-corrected chi connectivity index (χ0v) is 19.3. The molecule has 0 saturated carbocycles. The van der Waals surface area contributed by atoms with Crippen molar-refractivity contribution in [3.63, 3.8) is 0 Å². The number of benzene rings is 3. The van der Waals surface area contributed by atoms with Gasteiger partial charge in [-0.15, -0.1) is 0 Å². The van der Waals surface area contributed by atoms with E-state index < -0.39 is 0 Å². The third-order valence-corrected chi connectivity index (χ3v) is 5.68. The Balaban J connectivity index is 0.000000248. The molecule has 4 aromatic rings. The first-order valence-corrected chi connectivity index (χ1v) is 10.8. The molecule has 0 fully saturated rings. The summed E-state index contributed by atoms with van der Waals surface area (Å²) in [6, 6.07) is 28.1. The maximum absolute atomic E-state index is 9.42. The summed E-state index contributed by atoms with van der Waals surface area (Å²) in [5.41, 5.74) is 10.5. The molecule has 0 atom stereocenters. The normalized spacial score (nSPS) is 11.5. The molecule has 0 radical (unpaired) electrons. The van der Waals surface area contributed by atoms with Gasteiger partial charge < -0.3 is 10.2 Å². The Morgan fingerprint density at radius 1 is 1.00 bits per heavy atom. The average molecular weight is 473 g/mol. The molecule has 0 amide bonds. The number of rotatable bonds is 4. The number of hydrogen-bond donors (Lipinski definition) is 1. The molecular weight excluding hydrogens is 448 g/mol. The van der Waals surface area contributed by atoms with Gasteiger partial charge in [0.1, 0.15) is 5.58 Å². The van der Waals surface area contributed by atoms with Crippen LogP contribution in [-0.2, 0) is 5.41 Å². The number of fused-ring (bicyclic) bond motifs is 1. The standard InChI is InChI=1S/C19H19BrN2.C8H6O/c1-19(2,13-22)17-7-5-15(6-8-17)16(12-21)11-14-3-9-18(20)10-4-14;1-2-4-8-7(3-1)5-6-9-8/h3-11H,13,22H2,1-2H3;1-6H/b16-11+;. The Bertz CT molecular complexity index is 1170. The maximum atomic E-state index is 9.42. The second kappa shape index (κ2) is 10.3. The van der Waals surface area contributed by atoms with Gasteiger partial charge in [-0.1, -0.05) is 84.4 Å². The molecule has 0 unspecified atom stereocenters. The van der Waals surface area contributed by atoms with Crippen LogP contribution in [-0.4, -0.2) is 6.54 Å². The summed E-state index contributed by atoms with van der Waals surface area (Å²) < 4.78 is 6.14. The van der Waals surface area contributed by atoms with E-state index in [9.17, 15) is 5.26 Å². The van der Waals surface area contributed by atoms with Gasteiger partial charge in [-0.3, -0.25) is 0 Å². The largest absolute Gasteiger partial charge is 0.464 e. The van der Waals surface area contributed by atoms with Crippen molar-refractivity contribution in [2.45, 2.75) is 19.3 Å². The van der Waals surface area contributed by atoms with E-state index in [1.165, 1.54) is 5.56 Å². The third kappa shape index (κ3) is 5.95. The van der Waals surface area contributed by atoms with Gasteiger partial charge in [0.15, 0.2) is 0 Å². The first-order chi connectivity index (χ1) is 14.9. The second-order valence-corrected chi connectivity index (χ2v) is 8.76. The molecule has 3 nitrogen and oxygen atoms in total. The Hall–Kier alpha value is -3.13. The molecule has 156 valence electrons. The fourth-order valence-corrected chi connectivity index (χ4v) is 3.30. The SMILES string of the molecule is CC(C)(CN)c1ccc(/C(C#N)=C/c2ccc(Br)cc2)cc1.c1ccc2occc2c1. The predicted octanol–water partition coefficient (Wildman–Crippen LogP) is 7.18. The molecule has 0 aliphatic rings. The highest BCUT2D eigenvalue weighted by molar-refractivity contribution is 9.10. The molecule has 0 spiro atoms. The number of nitrogens with two attached hydrogens (primary N) is 1. The minimum atomic E-state index is -0.0548. The minimum Gasteiger partial charge on any atom is -0.464 e. The van der Waals surface area contributed by atoms with Gasteiger partial charge in [0.2, 0.25) is 0 Å². The lowest BCUT2D eigenvalue weighted by Gasteiger charge is -2.23. The molecule has 1 aromatic heterocycles. The van der Waals surface area contributed by atoms with Gasteiger partial charge >= 0.3 is 0 Å². The van der Waals surface area contributed by atoms with E-state index in [1.54, 1.807) is 6.26 Å². The number of halogens is 1. The van der Waals surface area contributed by atoms with Crippen LogP contribution in [0, 0.1) is 11.3 Å². The monoisotopic (exact) mass is 472 g/mol. The summed E-state index contributed by atoms with van der Waals surface area (Å²) in [5, 5.41) is 10.6. The van der Waals surface area contributed by atoms with Crippen molar-refractivity contribution in [2.24, 2.45) is 5.73 Å². The van der Waals surface area contributed by atoms with Gasteiger partial charge in [-0.05, 0) is 47.0 Å². The Labute approximate surface area is 191 Å². The van der Waals surface area contributed by atoms with Crippen molar-refractivity contribution in [3.05, 3.63) is 106 Å². The van der Waals surface area contributed by atoms with E-state index in [0.717, 1.165) is 26.6 Å². The van der Waals surface area contributed by atoms with Crippen molar-refractivity contribution in [2.75, 3.05) is 6.54 Å². The van der Waals surface area contributed by atoms with Gasteiger partial charge in [0.05, 0.1) is 17.9 Å². The lowest BCUT2D eigenvalue weighted by atomic mass is 9.84. The van der Waals surface area contributed by atoms with E-state index in [-0.39, 0.29) is 5.41 Å². The zero-order chi connectivity index (χ0) is 22.3. The lowest BCUT2D eigenvalue weighted by molar-refractivity contribution is 0.539. The highest BCUT2D eigenvalue weighted by Gasteiger charge is 2.18. The Morgan fingerprint density at radius 3 is 2.29 bits per heavy atom. The smallest absolute Gasteiger partial charge is 0.133 e. The zero-order valence-electron chi connectivity index (χ0n) is 17.7. The highest BCUT2D eigenvalue weighted by atomic mass is 79.9. The molecule has 4 heteroatoms. The Morgan fingerprint density at radius 2 is 1.68 bits per heavy atom. The molecule has 2 N–H and O–H groups in total. The van der Waals surface area contributed by atoms with Crippen molar-refractivity contribution in [3.8, 4) is 6.07 Å². The summed E-state index contributed by atoms with van der Waals surface area (Å²) in [6.07, 6.45) is 3.60. The fraction of sp³-hybridized carbons (Fsp3) is 0.148. The lowest BCUT2D eigenvalue weighted by Crippen LogP contribution is -2.27. The van der Waals surface area contributed by atoms with Gasteiger partial charge in [0, 0.05) is 21.8 Å². The average Bonchev–Trinajstić information content (AvgIpc) is 3.28. The number of nitriles is 1. The van der Waals surface area contributed by atoms with Crippen molar-refractivity contribution >= 4 is 38.5 Å². The second-order valence-electron chi connectivity index (χ2n) is 7.85. The van der Waals surface area contributed by atoms with Crippen LogP contribution in [0.4, 0.5) is 0 Å². The fourth-order valence-electron chi connectivity index (χ4n) is 3.03. The summed E-state index contributed by atoms with van der Waals surface area (Å²) in [4.78, 5) is 0. The summed E-state index contributed by atoms with van der Waals surface area (Å²) in [5.74, 6) is 0. The van der Waals surface area contributed by atoms with E-state index in [0.29, 0.717) is 12.1 Å². The predicted molar refractivity (Wildman–Crippen MR) is 132 cm³/mol. The van der Waals surface area contributed by atoms with E-state index >= 15 is 0 Å². The summed E-state index contributed by atoms with van der Waals surface area (Å²) >= 11 is 3.41. The quantitative estimate of drug-likeness (QED) is 0.252. The van der Waals surface area contributed by atoms with E-state index in [4.69, 9.17) is 10.2 Å². The van der Waals surface area contributed by atoms with Gasteiger partial charge in [-0.2, -0.15) is 5.26 Å². The maximum Gasteiger partial charge on any atom is 0.133 e. The number of hydrogen-bond acceptors (Lipinski definition) is 3. The van der Waals surface area contributed by atoms with Crippen molar-refractivity contribution < 1.29 is 4.42 Å². The van der Waals surface area contributed by atoms with Crippen LogP contribution >= 0.6 is 15.9 Å². The summed E-state index contributed by atoms with van der Waals surface area (Å²) in [7, 11) is 0. The first kappa shape index (κ1) is 22.6.